The van der Waals surface area contributed by atoms with Crippen molar-refractivity contribution < 1.29 is 24.9 Å². The first-order valence-electron chi connectivity index (χ1n) is 9.39. The van der Waals surface area contributed by atoms with Crippen LogP contribution in [0.4, 0.5) is 0 Å². The number of carboxylic acids is 1. The molecule has 142 valence electrons. The van der Waals surface area contributed by atoms with Crippen molar-refractivity contribution in [1.29, 1.82) is 0 Å². The Kier molecular flexibility index (Phi) is 10.3. The molecule has 0 saturated heterocycles. The van der Waals surface area contributed by atoms with Crippen LogP contribution < -0.4 is 0 Å². The second-order valence-electron chi connectivity index (χ2n) is 6.86. The minimum atomic E-state index is -0.801. The maximum Gasteiger partial charge on any atom is 0.303 e. The number of Topliss-reactive ketones (excluding diaryl/α,β-unsaturated/α-hetero) is 1. The van der Waals surface area contributed by atoms with Gasteiger partial charge in [-0.1, -0.05) is 50.5 Å². The lowest BCUT2D eigenvalue weighted by atomic mass is 9.90. The van der Waals surface area contributed by atoms with Gasteiger partial charge in [-0.25, -0.2) is 0 Å². The fourth-order valence-corrected chi connectivity index (χ4v) is 3.22. The molecule has 25 heavy (non-hydrogen) atoms. The number of aliphatic hydroxyl groups is 2. The second-order valence-corrected chi connectivity index (χ2v) is 6.86. The highest BCUT2D eigenvalue weighted by atomic mass is 16.4. The van der Waals surface area contributed by atoms with E-state index in [0.717, 1.165) is 19.3 Å². The van der Waals surface area contributed by atoms with E-state index in [1.54, 1.807) is 12.2 Å². The van der Waals surface area contributed by atoms with Crippen molar-refractivity contribution in [2.24, 2.45) is 11.8 Å². The van der Waals surface area contributed by atoms with Gasteiger partial charge >= 0.3 is 5.97 Å². The number of aliphatic hydroxyl groups excluding tert-OH is 2. The van der Waals surface area contributed by atoms with Gasteiger partial charge in [0.2, 0.25) is 0 Å². The number of aliphatic carboxylic acids is 1. The van der Waals surface area contributed by atoms with E-state index >= 15 is 0 Å². The van der Waals surface area contributed by atoms with Crippen molar-refractivity contribution in [3.8, 4) is 0 Å². The molecule has 1 aliphatic carbocycles. The van der Waals surface area contributed by atoms with Crippen molar-refractivity contribution in [2.45, 2.75) is 76.9 Å². The smallest absolute Gasteiger partial charge is 0.303 e. The van der Waals surface area contributed by atoms with Crippen LogP contribution in [0.15, 0.2) is 24.3 Å². The summed E-state index contributed by atoms with van der Waals surface area (Å²) in [6, 6.07) is 0. The summed E-state index contributed by atoms with van der Waals surface area (Å²) in [4.78, 5) is 22.5. The maximum absolute atomic E-state index is 12.1. The fourth-order valence-electron chi connectivity index (χ4n) is 3.22. The topological polar surface area (TPSA) is 94.8 Å². The van der Waals surface area contributed by atoms with Gasteiger partial charge in [-0.2, -0.15) is 0 Å². The normalized spacial score (nSPS) is 25.2. The molecular formula is C20H32O5. The molecule has 3 unspecified atom stereocenters. The Bertz CT molecular complexity index is 469. The molecule has 0 spiro atoms. The van der Waals surface area contributed by atoms with E-state index in [9.17, 15) is 19.8 Å². The largest absolute Gasteiger partial charge is 0.481 e. The highest BCUT2D eigenvalue weighted by Gasteiger charge is 2.39. The molecule has 1 aliphatic rings. The van der Waals surface area contributed by atoms with Gasteiger partial charge < -0.3 is 15.3 Å². The number of carbonyl (C=O) groups is 2. The molecular weight excluding hydrogens is 320 g/mol. The molecule has 0 aromatic carbocycles. The zero-order valence-corrected chi connectivity index (χ0v) is 15.1. The predicted molar refractivity (Wildman–Crippen MR) is 97.1 cm³/mol. The first kappa shape index (κ1) is 21.6. The van der Waals surface area contributed by atoms with Crippen LogP contribution in [0, 0.1) is 11.8 Å². The minimum Gasteiger partial charge on any atom is -0.481 e. The summed E-state index contributed by atoms with van der Waals surface area (Å²) in [6.07, 6.45) is 12.1. The Hall–Kier alpha value is -1.46. The van der Waals surface area contributed by atoms with E-state index in [4.69, 9.17) is 5.11 Å². The summed E-state index contributed by atoms with van der Waals surface area (Å²) in [5.74, 6) is -1.26. The zero-order chi connectivity index (χ0) is 18.7. The number of hydrogen-bond acceptors (Lipinski definition) is 4. The Morgan fingerprint density at radius 3 is 2.72 bits per heavy atom. The molecule has 3 N–H and O–H groups in total. The van der Waals surface area contributed by atoms with Gasteiger partial charge in [-0.05, 0) is 25.7 Å². The van der Waals surface area contributed by atoms with Crippen LogP contribution in [-0.2, 0) is 9.59 Å². The van der Waals surface area contributed by atoms with Gasteiger partial charge in [0, 0.05) is 24.7 Å². The third-order valence-corrected chi connectivity index (χ3v) is 4.71. The van der Waals surface area contributed by atoms with Gasteiger partial charge in [-0.15, -0.1) is 0 Å². The van der Waals surface area contributed by atoms with Crippen molar-refractivity contribution in [1.82, 2.24) is 0 Å². The van der Waals surface area contributed by atoms with Crippen LogP contribution in [0.25, 0.3) is 0 Å². The molecule has 0 aromatic rings. The van der Waals surface area contributed by atoms with Crippen LogP contribution in [0.1, 0.15) is 64.7 Å². The fraction of sp³-hybridized carbons (Fsp3) is 0.700. The lowest BCUT2D eigenvalue weighted by Crippen LogP contribution is -2.18. The third kappa shape index (κ3) is 8.45. The van der Waals surface area contributed by atoms with Crippen molar-refractivity contribution in [3.05, 3.63) is 24.3 Å². The molecule has 0 heterocycles. The number of rotatable bonds is 12. The van der Waals surface area contributed by atoms with Gasteiger partial charge in [0.1, 0.15) is 5.78 Å². The highest BCUT2D eigenvalue weighted by Crippen LogP contribution is 2.33. The van der Waals surface area contributed by atoms with E-state index in [1.165, 1.54) is 0 Å². The third-order valence-electron chi connectivity index (χ3n) is 4.71. The van der Waals surface area contributed by atoms with Crippen LogP contribution in [0.2, 0.25) is 0 Å². The summed E-state index contributed by atoms with van der Waals surface area (Å²) < 4.78 is 0. The number of carbonyl (C=O) groups excluding carboxylic acids is 1. The molecule has 1 rings (SSSR count). The van der Waals surface area contributed by atoms with Crippen molar-refractivity contribution in [2.75, 3.05) is 0 Å². The Labute approximate surface area is 150 Å². The molecule has 5 nitrogen and oxygen atoms in total. The monoisotopic (exact) mass is 352 g/mol. The Balaban J connectivity index is 2.48. The predicted octanol–water partition coefficient (Wildman–Crippen LogP) is 3.25. The summed E-state index contributed by atoms with van der Waals surface area (Å²) in [6.45, 7) is 2.11. The van der Waals surface area contributed by atoms with Gasteiger partial charge in [0.05, 0.1) is 12.2 Å². The lowest BCUT2D eigenvalue weighted by molar-refractivity contribution is -0.137. The van der Waals surface area contributed by atoms with E-state index < -0.39 is 18.2 Å². The number of hydrogen-bond donors (Lipinski definition) is 3. The quantitative estimate of drug-likeness (QED) is 0.370. The summed E-state index contributed by atoms with van der Waals surface area (Å²) in [5.41, 5.74) is 0. The van der Waals surface area contributed by atoms with Crippen molar-refractivity contribution in [3.63, 3.8) is 0 Å². The van der Waals surface area contributed by atoms with Crippen LogP contribution >= 0.6 is 0 Å². The SMILES string of the molecule is CCCCCC(O)C=CC1C(O)CC(=O)[C@H]1CC=CCCCC(=O)O. The van der Waals surface area contributed by atoms with Gasteiger partial charge in [0.15, 0.2) is 0 Å². The Morgan fingerprint density at radius 2 is 2.04 bits per heavy atom. The second kappa shape index (κ2) is 12.0. The van der Waals surface area contributed by atoms with E-state index in [2.05, 4.69) is 6.92 Å². The summed E-state index contributed by atoms with van der Waals surface area (Å²) >= 11 is 0. The number of allylic oxidation sites excluding steroid dienone is 2. The number of unbranched alkanes of at least 4 members (excludes halogenated alkanes) is 3. The van der Waals surface area contributed by atoms with E-state index in [1.807, 2.05) is 12.2 Å². The van der Waals surface area contributed by atoms with Gasteiger partial charge in [-0.3, -0.25) is 9.59 Å². The van der Waals surface area contributed by atoms with Crippen molar-refractivity contribution >= 4 is 11.8 Å². The van der Waals surface area contributed by atoms with Gasteiger partial charge in [0.25, 0.3) is 0 Å². The molecule has 0 bridgehead atoms. The molecule has 1 saturated carbocycles. The standard InChI is InChI=1S/C20H32O5/c1-2-3-6-9-15(21)12-13-17-16(18(22)14-19(17)23)10-7-4-5-8-11-20(24)25/h4,7,12-13,15-17,19,21,23H,2-3,5-6,8-11,14H2,1H3,(H,24,25)/t15?,16-,17?,19?/m0/s1. The summed E-state index contributed by atoms with van der Waals surface area (Å²) in [7, 11) is 0. The van der Waals surface area contributed by atoms with Crippen LogP contribution in [-0.4, -0.2) is 39.3 Å². The maximum atomic E-state index is 12.1. The first-order valence-corrected chi connectivity index (χ1v) is 9.39. The first-order chi connectivity index (χ1) is 12.0. The molecule has 4 atom stereocenters. The average Bonchev–Trinajstić information content (AvgIpc) is 2.82. The molecule has 5 heteroatoms. The molecule has 0 aromatic heterocycles. The Morgan fingerprint density at radius 1 is 1.28 bits per heavy atom. The van der Waals surface area contributed by atoms with Crippen LogP contribution in [0.3, 0.4) is 0 Å². The molecule has 0 radical (unpaired) electrons. The minimum absolute atomic E-state index is 0.0535. The zero-order valence-electron chi connectivity index (χ0n) is 15.1. The lowest BCUT2D eigenvalue weighted by Gasteiger charge is -2.16. The number of ketones is 1. The van der Waals surface area contributed by atoms with Crippen LogP contribution in [0.5, 0.6) is 0 Å². The average molecular weight is 352 g/mol. The molecule has 0 amide bonds. The molecule has 0 aliphatic heterocycles. The molecule has 1 fully saturated rings. The number of carboxylic acid groups (broad SMARTS) is 1. The van der Waals surface area contributed by atoms with E-state index in [0.29, 0.717) is 25.7 Å². The highest BCUT2D eigenvalue weighted by molar-refractivity contribution is 5.84. The summed E-state index contributed by atoms with van der Waals surface area (Å²) in [5, 5.41) is 28.7. The van der Waals surface area contributed by atoms with E-state index in [-0.39, 0.29) is 30.5 Å².